The SMILES string of the molecule is C[NH+]1CCN(C(=O)c2cc(I)ccc2NC(=O)c2cccnc2)CC1. The van der Waals surface area contributed by atoms with E-state index in [-0.39, 0.29) is 11.8 Å². The molecule has 25 heavy (non-hydrogen) atoms. The predicted octanol–water partition coefficient (Wildman–Crippen LogP) is 0.909. The molecular formula is C18H20IN4O2+. The molecule has 1 aromatic heterocycles. The molecule has 2 N–H and O–H groups in total. The van der Waals surface area contributed by atoms with Gasteiger partial charge in [-0.1, -0.05) is 0 Å². The van der Waals surface area contributed by atoms with E-state index in [1.807, 2.05) is 17.0 Å². The fourth-order valence-corrected chi connectivity index (χ4v) is 3.25. The maximum Gasteiger partial charge on any atom is 0.257 e. The van der Waals surface area contributed by atoms with Gasteiger partial charge in [-0.05, 0) is 52.9 Å². The number of amides is 2. The maximum absolute atomic E-state index is 12.9. The monoisotopic (exact) mass is 451 g/mol. The first kappa shape index (κ1) is 17.8. The lowest BCUT2D eigenvalue weighted by Gasteiger charge is -2.30. The molecule has 130 valence electrons. The summed E-state index contributed by atoms with van der Waals surface area (Å²) in [7, 11) is 2.13. The number of benzene rings is 1. The first-order valence-electron chi connectivity index (χ1n) is 8.16. The second kappa shape index (κ2) is 7.92. The van der Waals surface area contributed by atoms with Crippen LogP contribution < -0.4 is 10.2 Å². The Labute approximate surface area is 160 Å². The Morgan fingerprint density at radius 2 is 2.00 bits per heavy atom. The zero-order valence-corrected chi connectivity index (χ0v) is 16.1. The van der Waals surface area contributed by atoms with Crippen LogP contribution in [0.5, 0.6) is 0 Å². The van der Waals surface area contributed by atoms with E-state index in [2.05, 4.69) is 39.9 Å². The van der Waals surface area contributed by atoms with Crippen molar-refractivity contribution in [2.45, 2.75) is 0 Å². The molecule has 1 aromatic carbocycles. The molecule has 2 amide bonds. The van der Waals surface area contributed by atoms with Crippen LogP contribution in [0.15, 0.2) is 42.7 Å². The van der Waals surface area contributed by atoms with E-state index in [0.29, 0.717) is 16.8 Å². The molecule has 0 unspecified atom stereocenters. The average molecular weight is 451 g/mol. The summed E-state index contributed by atoms with van der Waals surface area (Å²) in [6.45, 7) is 3.33. The van der Waals surface area contributed by atoms with Crippen LogP contribution in [0.3, 0.4) is 0 Å². The number of halogens is 1. The summed E-state index contributed by atoms with van der Waals surface area (Å²) in [5, 5.41) is 2.85. The molecule has 1 saturated heterocycles. The van der Waals surface area contributed by atoms with Crippen LogP contribution in [0.2, 0.25) is 0 Å². The average Bonchev–Trinajstić information content (AvgIpc) is 2.64. The number of aromatic nitrogens is 1. The van der Waals surface area contributed by atoms with Crippen molar-refractivity contribution in [3.63, 3.8) is 0 Å². The van der Waals surface area contributed by atoms with Crippen molar-refractivity contribution in [3.05, 3.63) is 57.4 Å². The number of carbonyl (C=O) groups excluding carboxylic acids is 2. The molecular weight excluding hydrogens is 431 g/mol. The number of nitrogens with one attached hydrogen (secondary N) is 2. The van der Waals surface area contributed by atoms with Gasteiger partial charge in [0.1, 0.15) is 0 Å². The predicted molar refractivity (Wildman–Crippen MR) is 104 cm³/mol. The molecule has 0 bridgehead atoms. The van der Waals surface area contributed by atoms with Crippen molar-refractivity contribution in [1.82, 2.24) is 9.88 Å². The summed E-state index contributed by atoms with van der Waals surface area (Å²) in [6.07, 6.45) is 3.12. The number of pyridine rings is 1. The van der Waals surface area contributed by atoms with E-state index in [1.54, 1.807) is 24.4 Å². The second-order valence-corrected chi connectivity index (χ2v) is 7.38. The Balaban J connectivity index is 1.83. The van der Waals surface area contributed by atoms with Crippen LogP contribution in [0, 0.1) is 3.57 Å². The summed E-state index contributed by atoms with van der Waals surface area (Å²) in [4.78, 5) is 32.6. The third-order valence-corrected chi connectivity index (χ3v) is 4.96. The zero-order valence-electron chi connectivity index (χ0n) is 14.0. The number of quaternary nitrogens is 1. The molecule has 6 nitrogen and oxygen atoms in total. The van der Waals surface area contributed by atoms with Crippen molar-refractivity contribution < 1.29 is 14.5 Å². The molecule has 0 aliphatic carbocycles. The molecule has 0 atom stereocenters. The second-order valence-electron chi connectivity index (χ2n) is 6.14. The van der Waals surface area contributed by atoms with Gasteiger partial charge in [-0.3, -0.25) is 14.6 Å². The standard InChI is InChI=1S/C18H19IN4O2/c1-22-7-9-23(10-8-22)18(25)15-11-14(19)4-5-16(15)21-17(24)13-3-2-6-20-12-13/h2-6,11-12H,7-10H2,1H3,(H,21,24)/p+1. The highest BCUT2D eigenvalue weighted by Crippen LogP contribution is 2.21. The number of rotatable bonds is 3. The van der Waals surface area contributed by atoms with Crippen molar-refractivity contribution in [3.8, 4) is 0 Å². The van der Waals surface area contributed by atoms with Crippen LogP contribution in [-0.4, -0.2) is 54.9 Å². The first-order chi connectivity index (χ1) is 12.0. The molecule has 3 rings (SSSR count). The summed E-state index contributed by atoms with van der Waals surface area (Å²) >= 11 is 2.18. The molecule has 1 aliphatic rings. The number of hydrogen-bond donors (Lipinski definition) is 2. The lowest BCUT2D eigenvalue weighted by Crippen LogP contribution is -3.12. The molecule has 2 aromatic rings. The van der Waals surface area contributed by atoms with Gasteiger partial charge in [0.15, 0.2) is 0 Å². The third kappa shape index (κ3) is 4.35. The summed E-state index contributed by atoms with van der Waals surface area (Å²) in [5.74, 6) is -0.307. The Morgan fingerprint density at radius 1 is 1.24 bits per heavy atom. The van der Waals surface area contributed by atoms with Crippen LogP contribution in [-0.2, 0) is 0 Å². The van der Waals surface area contributed by atoms with E-state index < -0.39 is 0 Å². The van der Waals surface area contributed by atoms with Crippen molar-refractivity contribution in [2.24, 2.45) is 0 Å². The Hall–Kier alpha value is -2.00. The highest BCUT2D eigenvalue weighted by Gasteiger charge is 2.25. The van der Waals surface area contributed by atoms with Gasteiger partial charge in [0, 0.05) is 16.0 Å². The van der Waals surface area contributed by atoms with E-state index in [0.717, 1.165) is 29.7 Å². The quantitative estimate of drug-likeness (QED) is 0.683. The number of likely N-dealkylation sites (N-methyl/N-ethyl adjacent to an activating group) is 1. The van der Waals surface area contributed by atoms with Crippen LogP contribution in [0.4, 0.5) is 5.69 Å². The zero-order chi connectivity index (χ0) is 17.8. The van der Waals surface area contributed by atoms with Crippen LogP contribution in [0.1, 0.15) is 20.7 Å². The van der Waals surface area contributed by atoms with Crippen molar-refractivity contribution >= 4 is 40.1 Å². The molecule has 1 aliphatic heterocycles. The van der Waals surface area contributed by atoms with Crippen molar-refractivity contribution in [1.29, 1.82) is 0 Å². The molecule has 7 heteroatoms. The van der Waals surface area contributed by atoms with Gasteiger partial charge in [0.25, 0.3) is 11.8 Å². The number of nitrogens with zero attached hydrogens (tertiary/aromatic N) is 2. The van der Waals surface area contributed by atoms with E-state index in [1.165, 1.54) is 11.1 Å². The minimum absolute atomic E-state index is 0.0347. The number of hydrogen-bond acceptors (Lipinski definition) is 3. The summed E-state index contributed by atoms with van der Waals surface area (Å²) in [6, 6.07) is 8.89. The van der Waals surface area contributed by atoms with Crippen LogP contribution in [0.25, 0.3) is 0 Å². The minimum atomic E-state index is -0.272. The van der Waals surface area contributed by atoms with Crippen LogP contribution >= 0.6 is 22.6 Å². The van der Waals surface area contributed by atoms with Gasteiger partial charge < -0.3 is 15.1 Å². The lowest BCUT2D eigenvalue weighted by molar-refractivity contribution is -0.883. The first-order valence-corrected chi connectivity index (χ1v) is 9.24. The smallest absolute Gasteiger partial charge is 0.257 e. The number of anilines is 1. The molecule has 2 heterocycles. The minimum Gasteiger partial charge on any atom is -0.334 e. The van der Waals surface area contributed by atoms with E-state index in [4.69, 9.17) is 0 Å². The van der Waals surface area contributed by atoms with Gasteiger partial charge in [-0.2, -0.15) is 0 Å². The van der Waals surface area contributed by atoms with Crippen molar-refractivity contribution in [2.75, 3.05) is 38.5 Å². The Morgan fingerprint density at radius 3 is 2.68 bits per heavy atom. The fourth-order valence-electron chi connectivity index (χ4n) is 2.76. The van der Waals surface area contributed by atoms with Gasteiger partial charge in [-0.15, -0.1) is 0 Å². The van der Waals surface area contributed by atoms with Gasteiger partial charge in [0.2, 0.25) is 0 Å². The highest BCUT2D eigenvalue weighted by molar-refractivity contribution is 14.1. The lowest BCUT2D eigenvalue weighted by atomic mass is 10.1. The molecule has 0 saturated carbocycles. The molecule has 0 radical (unpaired) electrons. The Bertz CT molecular complexity index is 774. The Kier molecular flexibility index (Phi) is 5.64. The number of piperazine rings is 1. The molecule has 0 spiro atoms. The highest BCUT2D eigenvalue weighted by atomic mass is 127. The summed E-state index contributed by atoms with van der Waals surface area (Å²) < 4.78 is 0.958. The fraction of sp³-hybridized carbons (Fsp3) is 0.278. The largest absolute Gasteiger partial charge is 0.334 e. The number of carbonyl (C=O) groups is 2. The topological polar surface area (TPSA) is 66.7 Å². The normalized spacial score (nSPS) is 15.0. The van der Waals surface area contributed by atoms with E-state index >= 15 is 0 Å². The van der Waals surface area contributed by atoms with E-state index in [9.17, 15) is 9.59 Å². The van der Waals surface area contributed by atoms with Gasteiger partial charge >= 0.3 is 0 Å². The summed E-state index contributed by atoms with van der Waals surface area (Å²) in [5.41, 5.74) is 1.52. The van der Waals surface area contributed by atoms with Gasteiger partial charge in [0.05, 0.1) is 50.0 Å². The van der Waals surface area contributed by atoms with Gasteiger partial charge in [-0.25, -0.2) is 0 Å². The molecule has 1 fully saturated rings. The maximum atomic E-state index is 12.9. The third-order valence-electron chi connectivity index (χ3n) is 4.29.